The SMILES string of the molecule is COc1cc(C)c(C(C)NC(=O)c2cc(C)c(C)cc2C)cc1C(C)C. The third-order valence-corrected chi connectivity index (χ3v) is 5.14. The zero-order chi connectivity index (χ0) is 19.6. The highest BCUT2D eigenvalue weighted by Crippen LogP contribution is 2.32. The first-order valence-electron chi connectivity index (χ1n) is 9.22. The second-order valence-corrected chi connectivity index (χ2v) is 7.55. The second kappa shape index (κ2) is 7.94. The van der Waals surface area contributed by atoms with Crippen molar-refractivity contribution in [3.63, 3.8) is 0 Å². The molecule has 0 fully saturated rings. The van der Waals surface area contributed by atoms with Crippen molar-refractivity contribution in [1.82, 2.24) is 5.32 Å². The Morgan fingerprint density at radius 3 is 2.04 bits per heavy atom. The molecule has 0 spiro atoms. The summed E-state index contributed by atoms with van der Waals surface area (Å²) in [6.45, 7) is 14.5. The molecule has 3 nitrogen and oxygen atoms in total. The molecular weight excluding hydrogens is 322 g/mol. The number of benzene rings is 2. The van der Waals surface area contributed by atoms with Crippen LogP contribution in [0, 0.1) is 27.7 Å². The van der Waals surface area contributed by atoms with Crippen LogP contribution in [0.5, 0.6) is 5.75 Å². The van der Waals surface area contributed by atoms with Crippen molar-refractivity contribution >= 4 is 5.91 Å². The third-order valence-electron chi connectivity index (χ3n) is 5.14. The first kappa shape index (κ1) is 20.0. The van der Waals surface area contributed by atoms with E-state index in [-0.39, 0.29) is 11.9 Å². The van der Waals surface area contributed by atoms with Gasteiger partial charge in [-0.05, 0) is 92.1 Å². The van der Waals surface area contributed by atoms with E-state index in [1.807, 2.05) is 26.8 Å². The van der Waals surface area contributed by atoms with E-state index in [0.717, 1.165) is 39.1 Å². The lowest BCUT2D eigenvalue weighted by Gasteiger charge is -2.21. The Kier molecular flexibility index (Phi) is 6.12. The maximum atomic E-state index is 12.8. The number of carbonyl (C=O) groups excluding carboxylic acids is 1. The van der Waals surface area contributed by atoms with Crippen LogP contribution in [0.25, 0.3) is 0 Å². The first-order chi connectivity index (χ1) is 12.1. The molecule has 0 radical (unpaired) electrons. The van der Waals surface area contributed by atoms with Gasteiger partial charge < -0.3 is 10.1 Å². The summed E-state index contributed by atoms with van der Waals surface area (Å²) in [7, 11) is 1.70. The summed E-state index contributed by atoms with van der Waals surface area (Å²) in [4.78, 5) is 12.8. The minimum Gasteiger partial charge on any atom is -0.496 e. The van der Waals surface area contributed by atoms with Gasteiger partial charge in [-0.3, -0.25) is 4.79 Å². The van der Waals surface area contributed by atoms with Crippen LogP contribution in [0.1, 0.15) is 76.5 Å². The summed E-state index contributed by atoms with van der Waals surface area (Å²) in [6.07, 6.45) is 0. The smallest absolute Gasteiger partial charge is 0.252 e. The normalized spacial score (nSPS) is 12.2. The predicted octanol–water partition coefficient (Wildman–Crippen LogP) is 5.54. The quantitative estimate of drug-likeness (QED) is 0.766. The molecule has 0 aromatic heterocycles. The lowest BCUT2D eigenvalue weighted by atomic mass is 9.93. The molecule has 1 amide bonds. The molecule has 0 heterocycles. The number of amides is 1. The van der Waals surface area contributed by atoms with Crippen molar-refractivity contribution in [3.05, 3.63) is 63.2 Å². The predicted molar refractivity (Wildman–Crippen MR) is 108 cm³/mol. The Bertz CT molecular complexity index is 821. The van der Waals surface area contributed by atoms with Gasteiger partial charge in [-0.15, -0.1) is 0 Å². The van der Waals surface area contributed by atoms with Crippen molar-refractivity contribution < 1.29 is 9.53 Å². The second-order valence-electron chi connectivity index (χ2n) is 7.55. The minimum atomic E-state index is -0.0769. The maximum absolute atomic E-state index is 12.8. The van der Waals surface area contributed by atoms with E-state index in [9.17, 15) is 4.79 Å². The summed E-state index contributed by atoms with van der Waals surface area (Å²) in [5, 5.41) is 3.16. The Labute approximate surface area is 157 Å². The van der Waals surface area contributed by atoms with E-state index >= 15 is 0 Å². The van der Waals surface area contributed by atoms with Gasteiger partial charge in [-0.25, -0.2) is 0 Å². The largest absolute Gasteiger partial charge is 0.496 e. The van der Waals surface area contributed by atoms with Gasteiger partial charge in [-0.2, -0.15) is 0 Å². The minimum absolute atomic E-state index is 0.0283. The Morgan fingerprint density at radius 2 is 1.46 bits per heavy atom. The van der Waals surface area contributed by atoms with Gasteiger partial charge >= 0.3 is 0 Å². The van der Waals surface area contributed by atoms with Gasteiger partial charge in [0.1, 0.15) is 5.75 Å². The molecule has 140 valence electrons. The molecule has 2 aromatic rings. The molecule has 0 aliphatic rings. The Hall–Kier alpha value is -2.29. The number of methoxy groups -OCH3 is 1. The molecule has 0 saturated carbocycles. The van der Waals surface area contributed by atoms with Crippen LogP contribution in [0.2, 0.25) is 0 Å². The van der Waals surface area contributed by atoms with E-state index < -0.39 is 0 Å². The van der Waals surface area contributed by atoms with Crippen LogP contribution in [0.15, 0.2) is 24.3 Å². The van der Waals surface area contributed by atoms with E-state index in [1.54, 1.807) is 7.11 Å². The monoisotopic (exact) mass is 353 g/mol. The van der Waals surface area contributed by atoms with Gasteiger partial charge in [0, 0.05) is 5.56 Å². The summed E-state index contributed by atoms with van der Waals surface area (Å²) >= 11 is 0. The summed E-state index contributed by atoms with van der Waals surface area (Å²) in [5.74, 6) is 1.23. The molecule has 2 rings (SSSR count). The maximum Gasteiger partial charge on any atom is 0.252 e. The van der Waals surface area contributed by atoms with Crippen LogP contribution >= 0.6 is 0 Å². The standard InChI is InChI=1S/C23H31NO2/c1-13(2)19-12-20(17(6)11-22(19)26-8)18(7)24-23(25)21-10-15(4)14(3)9-16(21)5/h9-13,18H,1-8H3,(H,24,25). The average Bonchev–Trinajstić information content (AvgIpc) is 2.57. The van der Waals surface area contributed by atoms with Gasteiger partial charge in [0.25, 0.3) is 5.91 Å². The highest BCUT2D eigenvalue weighted by molar-refractivity contribution is 5.96. The molecule has 0 aliphatic heterocycles. The van der Waals surface area contributed by atoms with Crippen molar-refractivity contribution in [1.29, 1.82) is 0 Å². The molecule has 26 heavy (non-hydrogen) atoms. The lowest BCUT2D eigenvalue weighted by Crippen LogP contribution is -2.28. The van der Waals surface area contributed by atoms with Gasteiger partial charge in [0.15, 0.2) is 0 Å². The van der Waals surface area contributed by atoms with Gasteiger partial charge in [-0.1, -0.05) is 19.9 Å². The third kappa shape index (κ3) is 4.09. The fourth-order valence-electron chi connectivity index (χ4n) is 3.37. The molecule has 3 heteroatoms. The summed E-state index contributed by atoms with van der Waals surface area (Å²) < 4.78 is 5.53. The number of hydrogen-bond donors (Lipinski definition) is 1. The van der Waals surface area contributed by atoms with Crippen LogP contribution in [0.4, 0.5) is 0 Å². The number of hydrogen-bond acceptors (Lipinski definition) is 2. The molecule has 1 unspecified atom stereocenters. The summed E-state index contributed by atoms with van der Waals surface area (Å²) in [6, 6.07) is 8.20. The van der Waals surface area contributed by atoms with Crippen LogP contribution in [-0.2, 0) is 0 Å². The van der Waals surface area contributed by atoms with Gasteiger partial charge in [0.05, 0.1) is 13.2 Å². The zero-order valence-electron chi connectivity index (χ0n) is 17.3. The highest BCUT2D eigenvalue weighted by atomic mass is 16.5. The van der Waals surface area contributed by atoms with Crippen molar-refractivity contribution in [2.75, 3.05) is 7.11 Å². The molecule has 2 aromatic carbocycles. The molecule has 1 atom stereocenters. The fourth-order valence-corrected chi connectivity index (χ4v) is 3.37. The van der Waals surface area contributed by atoms with E-state index in [1.165, 1.54) is 5.56 Å². The van der Waals surface area contributed by atoms with Crippen molar-refractivity contribution in [3.8, 4) is 5.75 Å². The fraction of sp³-hybridized carbons (Fsp3) is 0.435. The van der Waals surface area contributed by atoms with Crippen molar-refractivity contribution in [2.45, 2.75) is 60.4 Å². The van der Waals surface area contributed by atoms with Crippen molar-refractivity contribution in [2.24, 2.45) is 0 Å². The average molecular weight is 354 g/mol. The molecular formula is C23H31NO2. The van der Waals surface area contributed by atoms with Crippen LogP contribution in [0.3, 0.4) is 0 Å². The molecule has 0 aliphatic carbocycles. The lowest BCUT2D eigenvalue weighted by molar-refractivity contribution is 0.0939. The molecule has 0 saturated heterocycles. The Morgan fingerprint density at radius 1 is 0.846 bits per heavy atom. The Balaban J connectivity index is 2.32. The number of carbonyl (C=O) groups is 1. The molecule has 1 N–H and O–H groups in total. The van der Waals surface area contributed by atoms with E-state index in [0.29, 0.717) is 5.92 Å². The molecule has 0 bridgehead atoms. The van der Waals surface area contributed by atoms with E-state index in [2.05, 4.69) is 51.2 Å². The first-order valence-corrected chi connectivity index (χ1v) is 9.22. The highest BCUT2D eigenvalue weighted by Gasteiger charge is 2.18. The van der Waals surface area contributed by atoms with Crippen LogP contribution in [-0.4, -0.2) is 13.0 Å². The number of nitrogens with one attached hydrogen (secondary N) is 1. The number of ether oxygens (including phenoxy) is 1. The number of aryl methyl sites for hydroxylation is 4. The summed E-state index contributed by atoms with van der Waals surface area (Å²) in [5.41, 5.74) is 7.51. The topological polar surface area (TPSA) is 38.3 Å². The zero-order valence-corrected chi connectivity index (χ0v) is 17.3. The van der Waals surface area contributed by atoms with Gasteiger partial charge in [0.2, 0.25) is 0 Å². The number of rotatable bonds is 5. The van der Waals surface area contributed by atoms with Crippen LogP contribution < -0.4 is 10.1 Å². The van der Waals surface area contributed by atoms with E-state index in [4.69, 9.17) is 4.74 Å².